The highest BCUT2D eigenvalue weighted by Crippen LogP contribution is 2.45. The molecule has 1 aliphatic carbocycles. The smallest absolute Gasteiger partial charge is 0.317 e. The average molecular weight is 285 g/mol. The normalized spacial score (nSPS) is 15.3. The number of hydrogen-bond donors (Lipinski definition) is 2. The molecule has 1 saturated carbocycles. The maximum absolute atomic E-state index is 12.0. The van der Waals surface area contributed by atoms with Gasteiger partial charge in [-0.05, 0) is 19.3 Å². The van der Waals surface area contributed by atoms with Crippen molar-refractivity contribution in [1.29, 1.82) is 0 Å². The van der Waals surface area contributed by atoms with Crippen LogP contribution in [0.25, 0.3) is 0 Å². The Hall–Kier alpha value is -1.79. The predicted molar refractivity (Wildman–Crippen MR) is 73.3 cm³/mol. The minimum absolute atomic E-state index is 0.00669. The number of nitrogens with zero attached hydrogens (tertiary/aromatic N) is 2. The molecular formula is C13H23N3O4. The van der Waals surface area contributed by atoms with Crippen LogP contribution in [0.3, 0.4) is 0 Å². The molecule has 0 bridgehead atoms. The zero-order valence-corrected chi connectivity index (χ0v) is 12.3. The lowest BCUT2D eigenvalue weighted by Gasteiger charge is -2.24. The standard InChI is InChI=1S/C13H23N3O4/c1-4-7-16(8-10(17)15(2)3)12(20)14-9-13(5-6-13)11(18)19/h4-9H2,1-3H3,(H,14,20)(H,18,19). The van der Waals surface area contributed by atoms with Crippen LogP contribution >= 0.6 is 0 Å². The van der Waals surface area contributed by atoms with E-state index < -0.39 is 11.4 Å². The Balaban J connectivity index is 2.52. The number of hydrogen-bond acceptors (Lipinski definition) is 3. The summed E-state index contributed by atoms with van der Waals surface area (Å²) in [7, 11) is 3.27. The van der Waals surface area contributed by atoms with Crippen LogP contribution in [0.4, 0.5) is 4.79 Å². The highest BCUT2D eigenvalue weighted by atomic mass is 16.4. The van der Waals surface area contributed by atoms with E-state index in [1.165, 1.54) is 9.80 Å². The Kier molecular flexibility index (Phi) is 5.35. The molecule has 0 radical (unpaired) electrons. The van der Waals surface area contributed by atoms with Crippen molar-refractivity contribution in [3.63, 3.8) is 0 Å². The number of urea groups is 1. The van der Waals surface area contributed by atoms with Crippen LogP contribution in [0.5, 0.6) is 0 Å². The van der Waals surface area contributed by atoms with Crippen LogP contribution in [0, 0.1) is 5.41 Å². The molecule has 0 atom stereocenters. The zero-order chi connectivity index (χ0) is 15.3. The van der Waals surface area contributed by atoms with Crippen molar-refractivity contribution < 1.29 is 19.5 Å². The van der Waals surface area contributed by atoms with Crippen LogP contribution < -0.4 is 5.32 Å². The van der Waals surface area contributed by atoms with E-state index in [4.69, 9.17) is 5.11 Å². The summed E-state index contributed by atoms with van der Waals surface area (Å²) in [6.07, 6.45) is 1.91. The van der Waals surface area contributed by atoms with E-state index in [0.29, 0.717) is 19.4 Å². The van der Waals surface area contributed by atoms with Gasteiger partial charge in [0.25, 0.3) is 0 Å². The number of likely N-dealkylation sites (N-methyl/N-ethyl adjacent to an activating group) is 1. The number of nitrogens with one attached hydrogen (secondary N) is 1. The Labute approximate surface area is 118 Å². The zero-order valence-electron chi connectivity index (χ0n) is 12.3. The molecule has 1 aliphatic rings. The third kappa shape index (κ3) is 4.11. The van der Waals surface area contributed by atoms with Crippen molar-refractivity contribution in [3.8, 4) is 0 Å². The Morgan fingerprint density at radius 3 is 2.25 bits per heavy atom. The third-order valence-electron chi connectivity index (χ3n) is 3.49. The van der Waals surface area contributed by atoms with E-state index in [0.717, 1.165) is 6.42 Å². The van der Waals surface area contributed by atoms with Gasteiger partial charge in [0.15, 0.2) is 0 Å². The second kappa shape index (κ2) is 6.58. The Morgan fingerprint density at radius 2 is 1.85 bits per heavy atom. The topological polar surface area (TPSA) is 90.0 Å². The van der Waals surface area contributed by atoms with E-state index in [1.54, 1.807) is 14.1 Å². The van der Waals surface area contributed by atoms with Gasteiger partial charge in [0.05, 0.1) is 5.41 Å². The molecule has 1 fully saturated rings. The molecule has 0 aromatic heterocycles. The fourth-order valence-corrected chi connectivity index (χ4v) is 1.80. The van der Waals surface area contributed by atoms with E-state index in [2.05, 4.69) is 5.32 Å². The first-order valence-electron chi connectivity index (χ1n) is 6.78. The van der Waals surface area contributed by atoms with Gasteiger partial charge in [0.2, 0.25) is 5.91 Å². The van der Waals surface area contributed by atoms with Gasteiger partial charge in [-0.15, -0.1) is 0 Å². The first-order chi connectivity index (χ1) is 9.32. The van der Waals surface area contributed by atoms with Crippen LogP contribution in [0.2, 0.25) is 0 Å². The maximum atomic E-state index is 12.0. The molecule has 7 heteroatoms. The number of carboxylic acids is 1. The van der Waals surface area contributed by atoms with Crippen molar-refractivity contribution in [1.82, 2.24) is 15.1 Å². The van der Waals surface area contributed by atoms with Crippen LogP contribution in [0.15, 0.2) is 0 Å². The van der Waals surface area contributed by atoms with Gasteiger partial charge in [0.1, 0.15) is 6.54 Å². The van der Waals surface area contributed by atoms with Gasteiger partial charge in [-0.2, -0.15) is 0 Å². The fourth-order valence-electron chi connectivity index (χ4n) is 1.80. The molecular weight excluding hydrogens is 262 g/mol. The molecule has 0 unspecified atom stereocenters. The molecule has 3 amide bonds. The van der Waals surface area contributed by atoms with Crippen molar-refractivity contribution in [2.24, 2.45) is 5.41 Å². The molecule has 0 aliphatic heterocycles. The molecule has 1 rings (SSSR count). The molecule has 0 spiro atoms. The highest BCUT2D eigenvalue weighted by Gasteiger charge is 2.50. The van der Waals surface area contributed by atoms with E-state index in [9.17, 15) is 14.4 Å². The summed E-state index contributed by atoms with van der Waals surface area (Å²) in [5.74, 6) is -1.03. The molecule has 0 heterocycles. The van der Waals surface area contributed by atoms with Crippen molar-refractivity contribution in [2.75, 3.05) is 33.7 Å². The number of amides is 3. The maximum Gasteiger partial charge on any atom is 0.317 e. The van der Waals surface area contributed by atoms with Crippen molar-refractivity contribution in [2.45, 2.75) is 26.2 Å². The molecule has 0 saturated heterocycles. The predicted octanol–water partition coefficient (Wildman–Crippen LogP) is 0.361. The summed E-state index contributed by atoms with van der Waals surface area (Å²) in [6, 6.07) is -0.380. The minimum atomic E-state index is -0.871. The summed E-state index contributed by atoms with van der Waals surface area (Å²) >= 11 is 0. The number of carbonyl (C=O) groups excluding carboxylic acids is 2. The Bertz CT molecular complexity index is 391. The van der Waals surface area contributed by atoms with Crippen LogP contribution in [-0.4, -0.2) is 66.5 Å². The van der Waals surface area contributed by atoms with Gasteiger partial charge in [-0.25, -0.2) is 4.79 Å². The van der Waals surface area contributed by atoms with E-state index in [-0.39, 0.29) is 25.0 Å². The van der Waals surface area contributed by atoms with Gasteiger partial charge in [0, 0.05) is 27.2 Å². The lowest BCUT2D eigenvalue weighted by molar-refractivity contribution is -0.143. The first-order valence-corrected chi connectivity index (χ1v) is 6.78. The molecule has 7 nitrogen and oxygen atoms in total. The number of rotatable bonds is 7. The highest BCUT2D eigenvalue weighted by molar-refractivity contribution is 5.84. The van der Waals surface area contributed by atoms with Gasteiger partial charge >= 0.3 is 12.0 Å². The number of aliphatic carboxylic acids is 1. The summed E-state index contributed by atoms with van der Waals surface area (Å²) in [4.78, 5) is 37.6. The molecule has 0 aromatic carbocycles. The minimum Gasteiger partial charge on any atom is -0.481 e. The molecule has 20 heavy (non-hydrogen) atoms. The van der Waals surface area contributed by atoms with E-state index >= 15 is 0 Å². The second-order valence-corrected chi connectivity index (χ2v) is 5.45. The lowest BCUT2D eigenvalue weighted by atomic mass is 10.1. The molecule has 2 N–H and O–H groups in total. The van der Waals surface area contributed by atoms with Gasteiger partial charge < -0.3 is 20.2 Å². The summed E-state index contributed by atoms with van der Waals surface area (Å²) < 4.78 is 0. The van der Waals surface area contributed by atoms with Crippen LogP contribution in [-0.2, 0) is 9.59 Å². The van der Waals surface area contributed by atoms with Gasteiger partial charge in [-0.1, -0.05) is 6.92 Å². The quantitative estimate of drug-likeness (QED) is 0.707. The van der Waals surface area contributed by atoms with Crippen molar-refractivity contribution in [3.05, 3.63) is 0 Å². The SMILES string of the molecule is CCCN(CC(=O)N(C)C)C(=O)NCC1(C(=O)O)CC1. The van der Waals surface area contributed by atoms with Gasteiger partial charge in [-0.3, -0.25) is 9.59 Å². The summed E-state index contributed by atoms with van der Waals surface area (Å²) in [5.41, 5.74) is -0.793. The largest absolute Gasteiger partial charge is 0.481 e. The first kappa shape index (κ1) is 16.3. The lowest BCUT2D eigenvalue weighted by Crippen LogP contribution is -2.47. The van der Waals surface area contributed by atoms with E-state index in [1.807, 2.05) is 6.92 Å². The van der Waals surface area contributed by atoms with Crippen molar-refractivity contribution >= 4 is 17.9 Å². The van der Waals surface area contributed by atoms with Crippen LogP contribution in [0.1, 0.15) is 26.2 Å². The second-order valence-electron chi connectivity index (χ2n) is 5.45. The Morgan fingerprint density at radius 1 is 1.25 bits per heavy atom. The molecule has 0 aromatic rings. The summed E-state index contributed by atoms with van der Waals surface area (Å²) in [5, 5.41) is 11.7. The third-order valence-corrected chi connectivity index (χ3v) is 3.49. The fraction of sp³-hybridized carbons (Fsp3) is 0.769. The number of carbonyl (C=O) groups is 3. The monoisotopic (exact) mass is 285 g/mol. The summed E-state index contributed by atoms with van der Waals surface area (Å²) in [6.45, 7) is 2.51. The average Bonchev–Trinajstić information content (AvgIpc) is 3.16. The molecule has 114 valence electrons. The number of carboxylic acid groups (broad SMARTS) is 1.